The Morgan fingerprint density at radius 2 is 2.10 bits per heavy atom. The van der Waals surface area contributed by atoms with Crippen molar-refractivity contribution in [3.8, 4) is 0 Å². The predicted molar refractivity (Wildman–Crippen MR) is 80.4 cm³/mol. The molecule has 1 fully saturated rings. The van der Waals surface area contributed by atoms with Crippen LogP contribution >= 0.6 is 0 Å². The molecule has 0 aromatic heterocycles. The topological polar surface area (TPSA) is 64.3 Å². The minimum atomic E-state index is -0.00465. The van der Waals surface area contributed by atoms with Crippen molar-refractivity contribution >= 4 is 11.6 Å². The van der Waals surface area contributed by atoms with Crippen molar-refractivity contribution < 1.29 is 9.53 Å². The molecule has 0 saturated heterocycles. The molecule has 0 radical (unpaired) electrons. The summed E-state index contributed by atoms with van der Waals surface area (Å²) in [4.78, 5) is 11.8. The van der Waals surface area contributed by atoms with E-state index >= 15 is 0 Å². The van der Waals surface area contributed by atoms with Crippen LogP contribution in [0.5, 0.6) is 0 Å². The molecular formula is C16H24N2O2. The van der Waals surface area contributed by atoms with E-state index < -0.39 is 0 Å². The zero-order chi connectivity index (χ0) is 14.2. The molecule has 4 nitrogen and oxygen atoms in total. The van der Waals surface area contributed by atoms with Crippen LogP contribution in [-0.2, 0) is 16.1 Å². The third-order valence-electron chi connectivity index (χ3n) is 3.68. The van der Waals surface area contributed by atoms with Crippen molar-refractivity contribution in [2.75, 3.05) is 11.9 Å². The average Bonchev–Trinajstić information content (AvgIpc) is 2.48. The number of amides is 1. The molecule has 0 unspecified atom stereocenters. The van der Waals surface area contributed by atoms with Crippen LogP contribution in [0.25, 0.3) is 0 Å². The van der Waals surface area contributed by atoms with E-state index in [4.69, 9.17) is 10.5 Å². The second-order valence-corrected chi connectivity index (χ2v) is 5.33. The lowest BCUT2D eigenvalue weighted by Gasteiger charge is -2.21. The number of benzene rings is 1. The van der Waals surface area contributed by atoms with Gasteiger partial charge in [0, 0.05) is 12.2 Å². The number of rotatable bonds is 6. The Bertz CT molecular complexity index is 428. The van der Waals surface area contributed by atoms with Crippen molar-refractivity contribution in [1.82, 2.24) is 0 Å². The third-order valence-corrected chi connectivity index (χ3v) is 3.68. The van der Waals surface area contributed by atoms with E-state index in [1.54, 1.807) is 0 Å². The fourth-order valence-corrected chi connectivity index (χ4v) is 2.55. The minimum Gasteiger partial charge on any atom is -0.378 e. The Hall–Kier alpha value is -1.39. The summed E-state index contributed by atoms with van der Waals surface area (Å²) in [7, 11) is 0. The third kappa shape index (κ3) is 4.94. The molecule has 0 aliphatic heterocycles. The van der Waals surface area contributed by atoms with Crippen LogP contribution in [-0.4, -0.2) is 18.6 Å². The van der Waals surface area contributed by atoms with E-state index in [9.17, 15) is 4.79 Å². The van der Waals surface area contributed by atoms with Crippen LogP contribution < -0.4 is 11.1 Å². The minimum absolute atomic E-state index is 0.00465. The van der Waals surface area contributed by atoms with Gasteiger partial charge in [0.05, 0.1) is 19.1 Å². The smallest absolute Gasteiger partial charge is 0.226 e. The molecule has 4 heteroatoms. The summed E-state index contributed by atoms with van der Waals surface area (Å²) in [6.07, 6.45) is 6.87. The normalized spacial score (nSPS) is 16.1. The number of hydrogen-bond donors (Lipinski definition) is 2. The standard InChI is InChI=1S/C16H24N2O2/c17-12-13-5-4-6-14(11-13)18-16(19)9-10-20-15-7-2-1-3-8-15/h4-6,11,15H,1-3,7-10,12,17H2,(H,18,19). The van der Waals surface area contributed by atoms with Gasteiger partial charge < -0.3 is 15.8 Å². The summed E-state index contributed by atoms with van der Waals surface area (Å²) in [6.45, 7) is 0.988. The van der Waals surface area contributed by atoms with Gasteiger partial charge in [0.1, 0.15) is 0 Å². The number of anilines is 1. The molecule has 1 aromatic carbocycles. The first-order chi connectivity index (χ1) is 9.78. The predicted octanol–water partition coefficient (Wildman–Crippen LogP) is 2.82. The van der Waals surface area contributed by atoms with Gasteiger partial charge in [0.2, 0.25) is 5.91 Å². The molecule has 1 aliphatic rings. The fourth-order valence-electron chi connectivity index (χ4n) is 2.55. The zero-order valence-corrected chi connectivity index (χ0v) is 11.9. The number of hydrogen-bond acceptors (Lipinski definition) is 3. The first-order valence-electron chi connectivity index (χ1n) is 7.48. The van der Waals surface area contributed by atoms with E-state index in [-0.39, 0.29) is 5.91 Å². The van der Waals surface area contributed by atoms with Crippen molar-refractivity contribution in [2.45, 2.75) is 51.2 Å². The molecule has 1 aliphatic carbocycles. The lowest BCUT2D eigenvalue weighted by Crippen LogP contribution is -2.20. The highest BCUT2D eigenvalue weighted by molar-refractivity contribution is 5.90. The molecule has 1 amide bonds. The Balaban J connectivity index is 1.69. The summed E-state index contributed by atoms with van der Waals surface area (Å²) in [5.74, 6) is -0.00465. The maximum absolute atomic E-state index is 11.8. The van der Waals surface area contributed by atoms with Gasteiger partial charge in [-0.3, -0.25) is 4.79 Å². The molecule has 2 rings (SSSR count). The van der Waals surface area contributed by atoms with Gasteiger partial charge in [-0.25, -0.2) is 0 Å². The number of nitrogens with one attached hydrogen (secondary N) is 1. The van der Waals surface area contributed by atoms with Crippen LogP contribution in [0, 0.1) is 0 Å². The summed E-state index contributed by atoms with van der Waals surface area (Å²) in [6, 6.07) is 7.62. The largest absolute Gasteiger partial charge is 0.378 e. The van der Waals surface area contributed by atoms with Gasteiger partial charge in [-0.1, -0.05) is 31.4 Å². The molecule has 20 heavy (non-hydrogen) atoms. The molecular weight excluding hydrogens is 252 g/mol. The van der Waals surface area contributed by atoms with Crippen molar-refractivity contribution in [2.24, 2.45) is 5.73 Å². The van der Waals surface area contributed by atoms with Gasteiger partial charge in [0.15, 0.2) is 0 Å². The van der Waals surface area contributed by atoms with E-state index in [1.807, 2.05) is 24.3 Å². The van der Waals surface area contributed by atoms with Gasteiger partial charge in [-0.05, 0) is 30.5 Å². The molecule has 0 atom stereocenters. The number of carbonyl (C=O) groups excluding carboxylic acids is 1. The zero-order valence-electron chi connectivity index (χ0n) is 11.9. The Morgan fingerprint density at radius 3 is 2.85 bits per heavy atom. The van der Waals surface area contributed by atoms with Crippen LogP contribution in [0.2, 0.25) is 0 Å². The quantitative estimate of drug-likeness (QED) is 0.839. The molecule has 0 bridgehead atoms. The van der Waals surface area contributed by atoms with Crippen molar-refractivity contribution in [1.29, 1.82) is 0 Å². The highest BCUT2D eigenvalue weighted by Crippen LogP contribution is 2.20. The van der Waals surface area contributed by atoms with Crippen LogP contribution in [0.15, 0.2) is 24.3 Å². The first kappa shape index (κ1) is 15.0. The van der Waals surface area contributed by atoms with E-state index in [2.05, 4.69) is 5.32 Å². The van der Waals surface area contributed by atoms with E-state index in [1.165, 1.54) is 19.3 Å². The van der Waals surface area contributed by atoms with Gasteiger partial charge in [0.25, 0.3) is 0 Å². The maximum atomic E-state index is 11.8. The summed E-state index contributed by atoms with van der Waals surface area (Å²) in [5, 5.41) is 2.88. The molecule has 3 N–H and O–H groups in total. The number of ether oxygens (including phenoxy) is 1. The van der Waals surface area contributed by atoms with Crippen molar-refractivity contribution in [3.63, 3.8) is 0 Å². The monoisotopic (exact) mass is 276 g/mol. The van der Waals surface area contributed by atoms with E-state index in [0.29, 0.717) is 25.7 Å². The summed E-state index contributed by atoms with van der Waals surface area (Å²) < 4.78 is 5.76. The van der Waals surface area contributed by atoms with Gasteiger partial charge in [-0.2, -0.15) is 0 Å². The lowest BCUT2D eigenvalue weighted by molar-refractivity contribution is -0.117. The number of nitrogens with two attached hydrogens (primary N) is 1. The molecule has 1 saturated carbocycles. The van der Waals surface area contributed by atoms with E-state index in [0.717, 1.165) is 24.1 Å². The fraction of sp³-hybridized carbons (Fsp3) is 0.562. The molecule has 0 spiro atoms. The lowest BCUT2D eigenvalue weighted by atomic mass is 9.98. The molecule has 1 aromatic rings. The first-order valence-corrected chi connectivity index (χ1v) is 7.48. The van der Waals surface area contributed by atoms with Gasteiger partial charge in [-0.15, -0.1) is 0 Å². The second kappa shape index (κ2) is 8.02. The molecule has 110 valence electrons. The SMILES string of the molecule is NCc1cccc(NC(=O)CCOC2CCCCC2)c1. The summed E-state index contributed by atoms with van der Waals surface area (Å²) >= 11 is 0. The summed E-state index contributed by atoms with van der Waals surface area (Å²) in [5.41, 5.74) is 7.40. The van der Waals surface area contributed by atoms with Crippen LogP contribution in [0.3, 0.4) is 0 Å². The Kier molecular flexibility index (Phi) is 6.02. The average molecular weight is 276 g/mol. The maximum Gasteiger partial charge on any atom is 0.226 e. The number of carbonyl (C=O) groups is 1. The van der Waals surface area contributed by atoms with Crippen LogP contribution in [0.1, 0.15) is 44.1 Å². The van der Waals surface area contributed by atoms with Crippen LogP contribution in [0.4, 0.5) is 5.69 Å². The molecule has 0 heterocycles. The second-order valence-electron chi connectivity index (χ2n) is 5.33. The highest BCUT2D eigenvalue weighted by atomic mass is 16.5. The van der Waals surface area contributed by atoms with Gasteiger partial charge >= 0.3 is 0 Å². The Morgan fingerprint density at radius 1 is 1.30 bits per heavy atom. The highest BCUT2D eigenvalue weighted by Gasteiger charge is 2.14. The Labute approximate surface area is 120 Å². The van der Waals surface area contributed by atoms with Crippen molar-refractivity contribution in [3.05, 3.63) is 29.8 Å².